The van der Waals surface area contributed by atoms with Crippen molar-refractivity contribution in [2.45, 2.75) is 4.90 Å². The van der Waals surface area contributed by atoms with Crippen LogP contribution in [0.2, 0.25) is 0 Å². The normalized spacial score (nSPS) is 10.5. The molecule has 23 heavy (non-hydrogen) atoms. The number of nitrogens with zero attached hydrogens (tertiary/aromatic N) is 1. The molecule has 0 saturated carbocycles. The van der Waals surface area contributed by atoms with Crippen LogP contribution < -0.4 is 14.9 Å². The molecule has 0 aliphatic heterocycles. The molecular formula is C17H18N2O3S. The summed E-state index contributed by atoms with van der Waals surface area (Å²) >= 11 is 1.46. The number of amides is 1. The predicted molar refractivity (Wildman–Crippen MR) is 92.4 cm³/mol. The smallest absolute Gasteiger partial charge is 0.250 e. The summed E-state index contributed by atoms with van der Waals surface area (Å²) in [6, 6.07) is 15.1. The molecule has 0 fully saturated rings. The maximum absolute atomic E-state index is 11.8. The minimum atomic E-state index is -0.169. The van der Waals surface area contributed by atoms with Gasteiger partial charge in [0.15, 0.2) is 0 Å². The average molecular weight is 330 g/mol. The van der Waals surface area contributed by atoms with E-state index >= 15 is 0 Å². The summed E-state index contributed by atoms with van der Waals surface area (Å²) < 4.78 is 10.4. The molecule has 5 nitrogen and oxygen atoms in total. The van der Waals surface area contributed by atoms with Gasteiger partial charge < -0.3 is 9.47 Å². The van der Waals surface area contributed by atoms with E-state index in [9.17, 15) is 4.79 Å². The molecule has 0 aromatic heterocycles. The van der Waals surface area contributed by atoms with Crippen molar-refractivity contribution in [3.8, 4) is 11.5 Å². The van der Waals surface area contributed by atoms with Gasteiger partial charge in [-0.05, 0) is 30.3 Å². The highest BCUT2D eigenvalue weighted by Gasteiger charge is 2.04. The zero-order chi connectivity index (χ0) is 16.5. The van der Waals surface area contributed by atoms with Crippen LogP contribution in [0.4, 0.5) is 0 Å². The number of carbonyl (C=O) groups excluding carboxylic acids is 1. The molecule has 2 aromatic carbocycles. The molecular weight excluding hydrogens is 312 g/mol. The van der Waals surface area contributed by atoms with Crippen LogP contribution in [0, 0.1) is 0 Å². The molecule has 0 radical (unpaired) electrons. The molecule has 0 aliphatic carbocycles. The monoisotopic (exact) mass is 330 g/mol. The Hall–Kier alpha value is -2.47. The topological polar surface area (TPSA) is 59.9 Å². The average Bonchev–Trinajstić information content (AvgIpc) is 2.60. The zero-order valence-corrected chi connectivity index (χ0v) is 13.8. The maximum atomic E-state index is 11.8. The summed E-state index contributed by atoms with van der Waals surface area (Å²) in [5, 5.41) is 3.96. The number of benzene rings is 2. The quantitative estimate of drug-likeness (QED) is 0.482. The lowest BCUT2D eigenvalue weighted by Gasteiger charge is -2.06. The highest BCUT2D eigenvalue weighted by atomic mass is 32.2. The van der Waals surface area contributed by atoms with E-state index in [-0.39, 0.29) is 5.91 Å². The van der Waals surface area contributed by atoms with E-state index < -0.39 is 0 Å². The zero-order valence-electron chi connectivity index (χ0n) is 13.0. The Morgan fingerprint density at radius 2 is 1.96 bits per heavy atom. The second-order valence-corrected chi connectivity index (χ2v) is 5.55. The summed E-state index contributed by atoms with van der Waals surface area (Å²) in [5.41, 5.74) is 3.23. The first-order valence-corrected chi connectivity index (χ1v) is 7.93. The molecule has 0 aliphatic rings. The lowest BCUT2D eigenvalue weighted by molar-refractivity contribution is -0.118. The van der Waals surface area contributed by atoms with Crippen LogP contribution in [0.3, 0.4) is 0 Å². The number of rotatable bonds is 7. The Bertz CT molecular complexity index is 675. The summed E-state index contributed by atoms with van der Waals surface area (Å²) in [7, 11) is 3.17. The minimum Gasteiger partial charge on any atom is -0.497 e. The Morgan fingerprint density at radius 1 is 1.17 bits per heavy atom. The van der Waals surface area contributed by atoms with Crippen LogP contribution in [-0.4, -0.2) is 32.1 Å². The minimum absolute atomic E-state index is 0.169. The maximum Gasteiger partial charge on any atom is 0.250 e. The van der Waals surface area contributed by atoms with Gasteiger partial charge in [-0.2, -0.15) is 5.10 Å². The Labute approximate surface area is 139 Å². The third-order valence-electron chi connectivity index (χ3n) is 2.94. The van der Waals surface area contributed by atoms with Crippen molar-refractivity contribution in [3.05, 3.63) is 54.1 Å². The van der Waals surface area contributed by atoms with Crippen LogP contribution in [0.5, 0.6) is 11.5 Å². The molecule has 1 amide bonds. The van der Waals surface area contributed by atoms with Gasteiger partial charge in [0.05, 0.1) is 26.2 Å². The fourth-order valence-electron chi connectivity index (χ4n) is 1.81. The number of methoxy groups -OCH3 is 2. The SMILES string of the molecule is COc1ccc(OC)c(/C=N\NC(=O)CSc2ccccc2)c1. The van der Waals surface area contributed by atoms with Crippen molar-refractivity contribution in [3.63, 3.8) is 0 Å². The van der Waals surface area contributed by atoms with E-state index in [1.54, 1.807) is 32.4 Å². The third kappa shape index (κ3) is 5.34. The largest absolute Gasteiger partial charge is 0.497 e. The molecule has 0 unspecified atom stereocenters. The standard InChI is InChI=1S/C17H18N2O3S/c1-21-14-8-9-16(22-2)13(10-14)11-18-19-17(20)12-23-15-6-4-3-5-7-15/h3-11H,12H2,1-2H3,(H,19,20)/b18-11-. The highest BCUT2D eigenvalue weighted by molar-refractivity contribution is 8.00. The lowest BCUT2D eigenvalue weighted by atomic mass is 10.2. The van der Waals surface area contributed by atoms with E-state index in [2.05, 4.69) is 10.5 Å². The van der Waals surface area contributed by atoms with E-state index in [1.807, 2.05) is 30.3 Å². The van der Waals surface area contributed by atoms with Gasteiger partial charge in [-0.3, -0.25) is 4.79 Å². The van der Waals surface area contributed by atoms with Crippen molar-refractivity contribution in [2.75, 3.05) is 20.0 Å². The van der Waals surface area contributed by atoms with Crippen LogP contribution in [-0.2, 0) is 4.79 Å². The van der Waals surface area contributed by atoms with Crippen LogP contribution in [0.25, 0.3) is 0 Å². The van der Waals surface area contributed by atoms with Gasteiger partial charge in [0, 0.05) is 10.5 Å². The first-order valence-electron chi connectivity index (χ1n) is 6.94. The number of carbonyl (C=O) groups is 1. The van der Waals surface area contributed by atoms with Crippen LogP contribution in [0.1, 0.15) is 5.56 Å². The molecule has 0 spiro atoms. The summed E-state index contributed by atoms with van der Waals surface area (Å²) in [6.07, 6.45) is 1.53. The van der Waals surface area contributed by atoms with Crippen molar-refractivity contribution in [2.24, 2.45) is 5.10 Å². The van der Waals surface area contributed by atoms with E-state index in [1.165, 1.54) is 18.0 Å². The summed E-state index contributed by atoms with van der Waals surface area (Å²) in [4.78, 5) is 12.8. The summed E-state index contributed by atoms with van der Waals surface area (Å²) in [5.74, 6) is 1.48. The van der Waals surface area contributed by atoms with Crippen molar-refractivity contribution < 1.29 is 14.3 Å². The number of hydrogen-bond donors (Lipinski definition) is 1. The van der Waals surface area contributed by atoms with Gasteiger partial charge >= 0.3 is 0 Å². The van der Waals surface area contributed by atoms with Crippen LogP contribution >= 0.6 is 11.8 Å². The molecule has 120 valence electrons. The van der Waals surface area contributed by atoms with Crippen LogP contribution in [0.15, 0.2) is 58.5 Å². The molecule has 6 heteroatoms. The predicted octanol–water partition coefficient (Wildman–Crippen LogP) is 2.95. The molecule has 2 aromatic rings. The van der Waals surface area contributed by atoms with Gasteiger partial charge in [-0.1, -0.05) is 18.2 Å². The van der Waals surface area contributed by atoms with Gasteiger partial charge in [-0.15, -0.1) is 11.8 Å². The molecule has 0 atom stereocenters. The number of hydrazone groups is 1. The fourth-order valence-corrected chi connectivity index (χ4v) is 2.52. The second kappa shape index (κ2) is 8.85. The van der Waals surface area contributed by atoms with Gasteiger partial charge in [0.25, 0.3) is 0 Å². The van der Waals surface area contributed by atoms with Gasteiger partial charge in [0.2, 0.25) is 5.91 Å². The Kier molecular flexibility index (Phi) is 6.50. The molecule has 0 bridgehead atoms. The molecule has 0 heterocycles. The van der Waals surface area contributed by atoms with Crippen molar-refractivity contribution in [1.82, 2.24) is 5.43 Å². The highest BCUT2D eigenvalue weighted by Crippen LogP contribution is 2.22. The number of ether oxygens (including phenoxy) is 2. The molecule has 0 saturated heterocycles. The molecule has 1 N–H and O–H groups in total. The Balaban J connectivity index is 1.89. The van der Waals surface area contributed by atoms with Crippen molar-refractivity contribution >= 4 is 23.9 Å². The van der Waals surface area contributed by atoms with E-state index in [0.717, 1.165) is 10.5 Å². The fraction of sp³-hybridized carbons (Fsp3) is 0.176. The summed E-state index contributed by atoms with van der Waals surface area (Å²) in [6.45, 7) is 0. The Morgan fingerprint density at radius 3 is 2.65 bits per heavy atom. The first-order chi connectivity index (χ1) is 11.2. The third-order valence-corrected chi connectivity index (χ3v) is 3.95. The van der Waals surface area contributed by atoms with Crippen molar-refractivity contribution in [1.29, 1.82) is 0 Å². The second-order valence-electron chi connectivity index (χ2n) is 4.50. The molecule has 2 rings (SSSR count). The number of nitrogens with one attached hydrogen (secondary N) is 1. The van der Waals surface area contributed by atoms with Gasteiger partial charge in [0.1, 0.15) is 11.5 Å². The van der Waals surface area contributed by atoms with E-state index in [0.29, 0.717) is 17.3 Å². The van der Waals surface area contributed by atoms with E-state index in [4.69, 9.17) is 9.47 Å². The number of thioether (sulfide) groups is 1. The number of hydrogen-bond acceptors (Lipinski definition) is 5. The first kappa shape index (κ1) is 16.9. The van der Waals surface area contributed by atoms with Gasteiger partial charge in [-0.25, -0.2) is 5.43 Å². The lowest BCUT2D eigenvalue weighted by Crippen LogP contribution is -2.19.